The molecule has 4 aromatic heterocycles. The molecule has 82 heavy (non-hydrogen) atoms. The summed E-state index contributed by atoms with van der Waals surface area (Å²) in [6.07, 6.45) is 0. The van der Waals surface area contributed by atoms with E-state index in [1.54, 1.807) is 0 Å². The molecule has 2 atom stereocenters. The molecule has 15 aromatic rings. The fraction of sp³-hybridized carbons (Fsp3) is 0.0263. The number of hydrogen-bond acceptors (Lipinski definition) is 6. The van der Waals surface area contributed by atoms with Gasteiger partial charge in [0.2, 0.25) is 0 Å². The van der Waals surface area contributed by atoms with Crippen LogP contribution in [0, 0.1) is 0 Å². The molecule has 0 N–H and O–H groups in total. The number of fused-ring (bicyclic) bond motifs is 6. The predicted molar refractivity (Wildman–Crippen MR) is 342 cm³/mol. The highest BCUT2D eigenvalue weighted by Gasteiger charge is 2.41. The van der Waals surface area contributed by atoms with E-state index in [0.29, 0.717) is 11.6 Å². The van der Waals surface area contributed by atoms with Crippen LogP contribution in [0.15, 0.2) is 267 Å². The Labute approximate surface area is 482 Å². The molecule has 11 aromatic carbocycles. The second kappa shape index (κ2) is 18.8. The van der Waals surface area contributed by atoms with Gasteiger partial charge in [0, 0.05) is 85.6 Å². The molecule has 4 heterocycles. The zero-order valence-corrected chi connectivity index (χ0v) is 45.8. The quantitative estimate of drug-likeness (QED) is 0.152. The van der Waals surface area contributed by atoms with E-state index < -0.39 is 0 Å². The highest BCUT2D eigenvalue weighted by atomic mass is 32.1. The van der Waals surface area contributed by atoms with E-state index in [4.69, 9.17) is 19.9 Å². The van der Waals surface area contributed by atoms with E-state index in [0.717, 1.165) is 56.2 Å². The van der Waals surface area contributed by atoms with E-state index in [2.05, 4.69) is 255 Å². The first-order valence-electron chi connectivity index (χ1n) is 27.9. The number of hydrogen-bond donors (Lipinski definition) is 0. The Hall–Kier alpha value is -9.98. The molecular weight excluding hydrogens is 1030 g/mol. The standard InChI is InChI=1S/C76H46N4S2/c1-3-15-49(16-4-1)75-77-65(47-33-29-45(30-34-47)53-23-13-25-61-55-19-9-11-27-69(55)81-73(53)61)43-67(79-75)51-37-39-59-63(41-51)71-57-21-7-8-22-58(57)72(59)64-42-52(38-40-60(64)71)68-44-66(78-76(80-68)50-17-5-2-6-18-50)48-35-31-46(32-36-48)54-24-14-26-62-56-20-10-12-28-70(56)82-74(54)62/h1-44,71-72H. The van der Waals surface area contributed by atoms with Crippen LogP contribution < -0.4 is 0 Å². The summed E-state index contributed by atoms with van der Waals surface area (Å²) in [5.74, 6) is 1.50. The fourth-order valence-electron chi connectivity index (χ4n) is 13.0. The number of rotatable bonds is 8. The zero-order chi connectivity index (χ0) is 53.8. The summed E-state index contributed by atoms with van der Waals surface area (Å²) in [5, 5.41) is 5.22. The van der Waals surface area contributed by atoms with Gasteiger partial charge in [0.15, 0.2) is 11.6 Å². The molecule has 3 aliphatic rings. The molecule has 0 saturated carbocycles. The summed E-state index contributed by atoms with van der Waals surface area (Å²) in [6.45, 7) is 0. The second-order valence-electron chi connectivity index (χ2n) is 21.6. The van der Waals surface area contributed by atoms with Crippen molar-refractivity contribution >= 4 is 63.0 Å². The Kier molecular flexibility index (Phi) is 10.8. The molecule has 0 aliphatic heterocycles. The number of aromatic nitrogens is 4. The molecule has 0 radical (unpaired) electrons. The van der Waals surface area contributed by atoms with Gasteiger partial charge in [-0.25, -0.2) is 19.9 Å². The van der Waals surface area contributed by atoms with Crippen LogP contribution in [0.5, 0.6) is 0 Å². The summed E-state index contributed by atoms with van der Waals surface area (Å²) >= 11 is 3.73. The van der Waals surface area contributed by atoms with Crippen LogP contribution in [0.2, 0.25) is 0 Å². The summed E-state index contributed by atoms with van der Waals surface area (Å²) in [5.41, 5.74) is 22.7. The summed E-state index contributed by atoms with van der Waals surface area (Å²) < 4.78 is 5.24. The van der Waals surface area contributed by atoms with Crippen molar-refractivity contribution in [2.75, 3.05) is 0 Å². The lowest BCUT2D eigenvalue weighted by Gasteiger charge is -2.42. The average Bonchev–Trinajstić information content (AvgIpc) is 1.41. The number of nitrogens with zero attached hydrogens (tertiary/aromatic N) is 4. The third kappa shape index (κ3) is 7.63. The normalized spacial score (nSPS) is 14.1. The zero-order valence-electron chi connectivity index (χ0n) is 44.2. The molecule has 3 aliphatic carbocycles. The smallest absolute Gasteiger partial charge is 0.160 e. The van der Waals surface area contributed by atoms with Gasteiger partial charge in [-0.05, 0) is 92.0 Å². The topological polar surface area (TPSA) is 51.6 Å². The van der Waals surface area contributed by atoms with Crippen LogP contribution in [0.4, 0.5) is 0 Å². The Morgan fingerprint density at radius 1 is 0.232 bits per heavy atom. The van der Waals surface area contributed by atoms with Gasteiger partial charge in [-0.2, -0.15) is 0 Å². The van der Waals surface area contributed by atoms with Gasteiger partial charge < -0.3 is 0 Å². The summed E-state index contributed by atoms with van der Waals surface area (Å²) in [4.78, 5) is 21.2. The van der Waals surface area contributed by atoms with Gasteiger partial charge in [0.25, 0.3) is 0 Å². The first-order valence-corrected chi connectivity index (χ1v) is 29.5. The van der Waals surface area contributed by atoms with Crippen molar-refractivity contribution < 1.29 is 0 Å². The third-order valence-electron chi connectivity index (χ3n) is 16.9. The lowest BCUT2D eigenvalue weighted by atomic mass is 9.60. The molecule has 382 valence electrons. The molecule has 6 heteroatoms. The van der Waals surface area contributed by atoms with Crippen LogP contribution in [0.25, 0.3) is 130 Å². The van der Waals surface area contributed by atoms with Crippen molar-refractivity contribution in [2.45, 2.75) is 11.8 Å². The molecule has 2 unspecified atom stereocenters. The highest BCUT2D eigenvalue weighted by molar-refractivity contribution is 7.26. The minimum Gasteiger partial charge on any atom is -0.228 e. The van der Waals surface area contributed by atoms with Crippen molar-refractivity contribution in [3.05, 3.63) is 300 Å². The van der Waals surface area contributed by atoms with Crippen LogP contribution in [-0.4, -0.2) is 19.9 Å². The monoisotopic (exact) mass is 1080 g/mol. The summed E-state index contributed by atoms with van der Waals surface area (Å²) in [7, 11) is 0. The molecule has 0 fully saturated rings. The highest BCUT2D eigenvalue weighted by Crippen LogP contribution is 2.57. The van der Waals surface area contributed by atoms with Crippen LogP contribution in [0.3, 0.4) is 0 Å². The SMILES string of the molecule is c1ccc(-c2nc(-c3ccc(-c4cccc5c4sc4ccccc45)cc3)cc(-c3ccc4c(c3)C3c5ccccc5C4c4cc(-c5cc(-c6ccc(-c7cccc8c7sc7ccccc78)cc6)nc(-c6ccccc6)n5)ccc43)n2)cc1. The van der Waals surface area contributed by atoms with Crippen molar-refractivity contribution in [1.29, 1.82) is 0 Å². The molecule has 0 saturated heterocycles. The molecule has 4 nitrogen and oxygen atoms in total. The number of benzene rings is 11. The first kappa shape index (κ1) is 46.9. The molecule has 0 spiro atoms. The number of thiophene rings is 2. The van der Waals surface area contributed by atoms with Crippen molar-refractivity contribution in [2.24, 2.45) is 0 Å². The molecular formula is C76H46N4S2. The summed E-state index contributed by atoms with van der Waals surface area (Å²) in [6, 6.07) is 96.8. The predicted octanol–water partition coefficient (Wildman–Crippen LogP) is 20.3. The van der Waals surface area contributed by atoms with Crippen molar-refractivity contribution in [1.82, 2.24) is 19.9 Å². The second-order valence-corrected chi connectivity index (χ2v) is 23.7. The van der Waals surface area contributed by atoms with E-state index >= 15 is 0 Å². The Morgan fingerprint density at radius 3 is 1.01 bits per heavy atom. The largest absolute Gasteiger partial charge is 0.228 e. The third-order valence-corrected chi connectivity index (χ3v) is 19.4. The van der Waals surface area contributed by atoms with Gasteiger partial charge in [-0.15, -0.1) is 22.7 Å². The van der Waals surface area contributed by atoms with E-state index in [9.17, 15) is 0 Å². The van der Waals surface area contributed by atoms with Crippen molar-refractivity contribution in [3.63, 3.8) is 0 Å². The Morgan fingerprint density at radius 2 is 0.573 bits per heavy atom. The maximum absolute atomic E-state index is 5.34. The van der Waals surface area contributed by atoms with Crippen LogP contribution in [0.1, 0.15) is 45.2 Å². The Bertz CT molecular complexity index is 4720. The van der Waals surface area contributed by atoms with E-state index in [1.807, 2.05) is 34.8 Å². The Balaban J connectivity index is 0.740. The lowest BCUT2D eigenvalue weighted by molar-refractivity contribution is 0.755. The molecule has 2 bridgehead atoms. The van der Waals surface area contributed by atoms with Crippen molar-refractivity contribution in [3.8, 4) is 90.1 Å². The molecule has 18 rings (SSSR count). The van der Waals surface area contributed by atoms with E-state index in [1.165, 1.54) is 96.0 Å². The van der Waals surface area contributed by atoms with Gasteiger partial charge >= 0.3 is 0 Å². The minimum absolute atomic E-state index is 0.0470. The molecule has 0 amide bonds. The maximum Gasteiger partial charge on any atom is 0.160 e. The van der Waals surface area contributed by atoms with Crippen LogP contribution >= 0.6 is 22.7 Å². The fourth-order valence-corrected chi connectivity index (χ4v) is 15.5. The minimum atomic E-state index is 0.0470. The average molecular weight is 1080 g/mol. The van der Waals surface area contributed by atoms with Gasteiger partial charge in [-0.3, -0.25) is 0 Å². The van der Waals surface area contributed by atoms with Crippen LogP contribution in [-0.2, 0) is 0 Å². The lowest BCUT2D eigenvalue weighted by Crippen LogP contribution is -2.27. The van der Waals surface area contributed by atoms with E-state index in [-0.39, 0.29) is 11.8 Å². The first-order chi connectivity index (χ1) is 40.6. The maximum atomic E-state index is 5.34. The van der Waals surface area contributed by atoms with Gasteiger partial charge in [0.1, 0.15) is 0 Å². The van der Waals surface area contributed by atoms with Gasteiger partial charge in [0.05, 0.1) is 22.8 Å². The van der Waals surface area contributed by atoms with Gasteiger partial charge in [-0.1, -0.05) is 231 Å².